The van der Waals surface area contributed by atoms with Crippen molar-refractivity contribution in [3.8, 4) is 5.75 Å². The van der Waals surface area contributed by atoms with Gasteiger partial charge in [-0.3, -0.25) is 4.79 Å². The van der Waals surface area contributed by atoms with Crippen molar-refractivity contribution < 1.29 is 14.6 Å². The number of para-hydroxylation sites is 2. The van der Waals surface area contributed by atoms with Gasteiger partial charge in [-0.05, 0) is 18.1 Å². The zero-order valence-electron chi connectivity index (χ0n) is 11.6. The lowest BCUT2D eigenvalue weighted by molar-refractivity contribution is -0.113. The highest BCUT2D eigenvalue weighted by atomic mass is 16.5. The third-order valence-corrected chi connectivity index (χ3v) is 2.90. The fourth-order valence-corrected chi connectivity index (χ4v) is 1.54. The van der Waals surface area contributed by atoms with Gasteiger partial charge in [-0.1, -0.05) is 32.6 Å². The normalized spacial score (nSPS) is 12.1. The number of aliphatic hydroxyl groups is 1. The maximum Gasteiger partial charge on any atom is 0.251 e. The van der Waals surface area contributed by atoms with Crippen LogP contribution in [0.4, 0.5) is 5.69 Å². The largest absolute Gasteiger partial charge is 0.495 e. The van der Waals surface area contributed by atoms with Crippen LogP contribution in [0.25, 0.3) is 0 Å². The molecular weight excluding hydrogens is 242 g/mol. The number of hydrogen-bond donors (Lipinski definition) is 2. The van der Waals surface area contributed by atoms with E-state index in [1.54, 1.807) is 19.2 Å². The first-order valence-electron chi connectivity index (χ1n) is 6.26. The minimum absolute atomic E-state index is 0.0933. The molecule has 0 aromatic heterocycles. The van der Waals surface area contributed by atoms with Gasteiger partial charge in [-0.25, -0.2) is 0 Å². The molecule has 4 nitrogen and oxygen atoms in total. The molecule has 1 rings (SSSR count). The quantitative estimate of drug-likeness (QED) is 0.776. The zero-order valence-corrected chi connectivity index (χ0v) is 11.6. The standard InChI is InChI=1S/C15H21NO3/c1-10(2)13(17)9-11(3)15(18)16-12-7-5-6-8-14(12)19-4/h5-8,10,13,17H,3,9H2,1-2,4H3,(H,16,18). The van der Waals surface area contributed by atoms with Crippen LogP contribution in [0, 0.1) is 5.92 Å². The number of amides is 1. The molecule has 1 aromatic carbocycles. The summed E-state index contributed by atoms with van der Waals surface area (Å²) in [5, 5.41) is 12.5. The minimum Gasteiger partial charge on any atom is -0.495 e. The topological polar surface area (TPSA) is 58.6 Å². The number of carbonyl (C=O) groups is 1. The summed E-state index contributed by atoms with van der Waals surface area (Å²) in [6, 6.07) is 7.15. The Morgan fingerprint density at radius 3 is 2.63 bits per heavy atom. The number of ether oxygens (including phenoxy) is 1. The average molecular weight is 263 g/mol. The van der Waals surface area contributed by atoms with Crippen LogP contribution in [0.2, 0.25) is 0 Å². The summed E-state index contributed by atoms with van der Waals surface area (Å²) in [6.07, 6.45) is -0.297. The van der Waals surface area contributed by atoms with Crippen molar-refractivity contribution in [3.63, 3.8) is 0 Å². The Morgan fingerprint density at radius 2 is 2.05 bits per heavy atom. The first kappa shape index (κ1) is 15.2. The predicted molar refractivity (Wildman–Crippen MR) is 76.2 cm³/mol. The molecule has 1 amide bonds. The molecule has 4 heteroatoms. The lowest BCUT2D eigenvalue weighted by Crippen LogP contribution is -2.21. The van der Waals surface area contributed by atoms with Crippen LogP contribution in [-0.4, -0.2) is 24.2 Å². The number of anilines is 1. The summed E-state index contributed by atoms with van der Waals surface area (Å²) in [4.78, 5) is 12.0. The van der Waals surface area contributed by atoms with Crippen molar-refractivity contribution in [1.29, 1.82) is 0 Å². The summed E-state index contributed by atoms with van der Waals surface area (Å²) < 4.78 is 5.15. The highest BCUT2D eigenvalue weighted by Gasteiger charge is 2.16. The van der Waals surface area contributed by atoms with Crippen molar-refractivity contribution in [3.05, 3.63) is 36.4 Å². The lowest BCUT2D eigenvalue weighted by atomic mass is 10.00. The fraction of sp³-hybridized carbons (Fsp3) is 0.400. The van der Waals surface area contributed by atoms with Crippen molar-refractivity contribution in [1.82, 2.24) is 0 Å². The summed E-state index contributed by atoms with van der Waals surface area (Å²) in [5.74, 6) is 0.382. The molecule has 0 saturated carbocycles. The fourth-order valence-electron chi connectivity index (χ4n) is 1.54. The van der Waals surface area contributed by atoms with Crippen LogP contribution in [0.15, 0.2) is 36.4 Å². The molecule has 0 saturated heterocycles. The van der Waals surface area contributed by atoms with Gasteiger partial charge in [0.25, 0.3) is 5.91 Å². The molecule has 0 aliphatic rings. The maximum atomic E-state index is 12.0. The maximum absolute atomic E-state index is 12.0. The van der Waals surface area contributed by atoms with Gasteiger partial charge < -0.3 is 15.2 Å². The summed E-state index contributed by atoms with van der Waals surface area (Å²) in [5.41, 5.74) is 0.947. The first-order chi connectivity index (χ1) is 8.95. The van der Waals surface area contributed by atoms with E-state index in [0.717, 1.165) is 0 Å². The molecule has 0 bridgehead atoms. The van der Waals surface area contributed by atoms with Crippen LogP contribution >= 0.6 is 0 Å². The molecule has 0 spiro atoms. The molecule has 2 N–H and O–H groups in total. The molecule has 0 radical (unpaired) electrons. The minimum atomic E-state index is -0.559. The van der Waals surface area contributed by atoms with E-state index in [1.165, 1.54) is 0 Å². The van der Waals surface area contributed by atoms with E-state index in [4.69, 9.17) is 4.74 Å². The van der Waals surface area contributed by atoms with Crippen molar-refractivity contribution in [2.75, 3.05) is 12.4 Å². The molecule has 0 aliphatic heterocycles. The van der Waals surface area contributed by atoms with Gasteiger partial charge in [0.05, 0.1) is 18.9 Å². The highest BCUT2D eigenvalue weighted by Crippen LogP contribution is 2.24. The SMILES string of the molecule is C=C(CC(O)C(C)C)C(=O)Nc1ccccc1OC. The average Bonchev–Trinajstić information content (AvgIpc) is 2.38. The number of rotatable bonds is 6. The second-order valence-electron chi connectivity index (χ2n) is 4.77. The van der Waals surface area contributed by atoms with Gasteiger partial charge in [-0.15, -0.1) is 0 Å². The third-order valence-electron chi connectivity index (χ3n) is 2.90. The molecule has 1 atom stereocenters. The van der Waals surface area contributed by atoms with Gasteiger partial charge in [0.1, 0.15) is 5.75 Å². The molecule has 19 heavy (non-hydrogen) atoms. The van der Waals surface area contributed by atoms with Crippen LogP contribution in [-0.2, 0) is 4.79 Å². The summed E-state index contributed by atoms with van der Waals surface area (Å²) in [6.45, 7) is 7.51. The van der Waals surface area contributed by atoms with E-state index in [9.17, 15) is 9.90 Å². The van der Waals surface area contributed by atoms with Crippen molar-refractivity contribution >= 4 is 11.6 Å². The Bertz CT molecular complexity index is 454. The van der Waals surface area contributed by atoms with Gasteiger partial charge in [0, 0.05) is 12.0 Å². The number of nitrogens with one attached hydrogen (secondary N) is 1. The Morgan fingerprint density at radius 1 is 1.42 bits per heavy atom. The number of aliphatic hydroxyl groups excluding tert-OH is 1. The van der Waals surface area contributed by atoms with Gasteiger partial charge >= 0.3 is 0 Å². The highest BCUT2D eigenvalue weighted by molar-refractivity contribution is 6.04. The molecule has 0 aliphatic carbocycles. The third kappa shape index (κ3) is 4.41. The number of hydrogen-bond acceptors (Lipinski definition) is 3. The van der Waals surface area contributed by atoms with Crippen LogP contribution in [0.3, 0.4) is 0 Å². The number of benzene rings is 1. The summed E-state index contributed by atoms with van der Waals surface area (Å²) in [7, 11) is 1.54. The van der Waals surface area contributed by atoms with Crippen molar-refractivity contribution in [2.45, 2.75) is 26.4 Å². The molecular formula is C15H21NO3. The van der Waals surface area contributed by atoms with Crippen LogP contribution < -0.4 is 10.1 Å². The number of methoxy groups -OCH3 is 1. The van der Waals surface area contributed by atoms with Gasteiger partial charge in [0.2, 0.25) is 0 Å². The van der Waals surface area contributed by atoms with E-state index in [-0.39, 0.29) is 18.2 Å². The van der Waals surface area contributed by atoms with Gasteiger partial charge in [0.15, 0.2) is 0 Å². The van der Waals surface area contributed by atoms with Crippen LogP contribution in [0.5, 0.6) is 5.75 Å². The molecule has 104 valence electrons. The summed E-state index contributed by atoms with van der Waals surface area (Å²) >= 11 is 0. The molecule has 0 fully saturated rings. The Labute approximate surface area is 114 Å². The molecule has 1 aromatic rings. The number of carbonyl (C=O) groups excluding carboxylic acids is 1. The van der Waals surface area contributed by atoms with E-state index in [2.05, 4.69) is 11.9 Å². The zero-order chi connectivity index (χ0) is 14.4. The lowest BCUT2D eigenvalue weighted by Gasteiger charge is -2.16. The Balaban J connectivity index is 2.66. The first-order valence-corrected chi connectivity index (χ1v) is 6.26. The Kier molecular flexibility index (Phi) is 5.57. The second-order valence-corrected chi connectivity index (χ2v) is 4.77. The molecule has 1 unspecified atom stereocenters. The monoisotopic (exact) mass is 263 g/mol. The van der Waals surface area contributed by atoms with Crippen molar-refractivity contribution in [2.24, 2.45) is 5.92 Å². The second kappa shape index (κ2) is 6.95. The van der Waals surface area contributed by atoms with Crippen LogP contribution in [0.1, 0.15) is 20.3 Å². The molecule has 0 heterocycles. The smallest absolute Gasteiger partial charge is 0.251 e. The van der Waals surface area contributed by atoms with Gasteiger partial charge in [-0.2, -0.15) is 0 Å². The van der Waals surface area contributed by atoms with E-state index >= 15 is 0 Å². The predicted octanol–water partition coefficient (Wildman–Crippen LogP) is 2.60. The Hall–Kier alpha value is -1.81. The van der Waals surface area contributed by atoms with E-state index < -0.39 is 6.10 Å². The van der Waals surface area contributed by atoms with E-state index in [1.807, 2.05) is 26.0 Å². The van der Waals surface area contributed by atoms with E-state index in [0.29, 0.717) is 17.0 Å².